The fraction of sp³-hybridized carbons (Fsp3) is 0.100. The molecule has 15 heavy (non-hydrogen) atoms. The molecule has 0 saturated carbocycles. The second-order valence-corrected chi connectivity index (χ2v) is 3.11. The van der Waals surface area contributed by atoms with Crippen LogP contribution in [0.4, 0.5) is 5.95 Å². The van der Waals surface area contributed by atoms with Crippen LogP contribution in [0.2, 0.25) is 0 Å². The van der Waals surface area contributed by atoms with E-state index >= 15 is 0 Å². The van der Waals surface area contributed by atoms with Crippen LogP contribution in [0.15, 0.2) is 24.3 Å². The van der Waals surface area contributed by atoms with E-state index in [2.05, 4.69) is 16.2 Å². The summed E-state index contributed by atoms with van der Waals surface area (Å²) >= 11 is 0. The van der Waals surface area contributed by atoms with Gasteiger partial charge < -0.3 is 5.73 Å². The topological polar surface area (TPSA) is 80.5 Å². The Bertz CT molecular complexity index is 498. The van der Waals surface area contributed by atoms with E-state index in [4.69, 9.17) is 11.0 Å². The molecule has 1 aromatic carbocycles. The van der Waals surface area contributed by atoms with Crippen LogP contribution >= 0.6 is 0 Å². The summed E-state index contributed by atoms with van der Waals surface area (Å²) in [6, 6.07) is 9.10. The lowest BCUT2D eigenvalue weighted by Gasteiger charge is -1.93. The Morgan fingerprint density at radius 3 is 2.47 bits per heavy atom. The van der Waals surface area contributed by atoms with Crippen molar-refractivity contribution < 1.29 is 0 Å². The van der Waals surface area contributed by atoms with Crippen molar-refractivity contribution in [2.24, 2.45) is 7.05 Å². The van der Waals surface area contributed by atoms with Gasteiger partial charge in [-0.1, -0.05) is 0 Å². The minimum absolute atomic E-state index is 0.370. The molecule has 2 N–H and O–H groups in total. The van der Waals surface area contributed by atoms with Crippen molar-refractivity contribution in [1.29, 1.82) is 5.26 Å². The molecule has 0 unspecified atom stereocenters. The predicted molar refractivity (Wildman–Crippen MR) is 55.6 cm³/mol. The van der Waals surface area contributed by atoms with E-state index in [0.29, 0.717) is 17.3 Å². The van der Waals surface area contributed by atoms with E-state index in [9.17, 15) is 0 Å². The third-order valence-corrected chi connectivity index (χ3v) is 2.07. The largest absolute Gasteiger partial charge is 0.368 e. The van der Waals surface area contributed by atoms with Gasteiger partial charge in [0, 0.05) is 12.6 Å². The number of anilines is 1. The summed E-state index contributed by atoms with van der Waals surface area (Å²) in [5.41, 5.74) is 7.03. The first-order valence-electron chi connectivity index (χ1n) is 4.38. The summed E-state index contributed by atoms with van der Waals surface area (Å²) in [5, 5.41) is 12.8. The molecule has 0 fully saturated rings. The number of rotatable bonds is 1. The maximum absolute atomic E-state index is 8.64. The van der Waals surface area contributed by atoms with E-state index in [-0.39, 0.29) is 0 Å². The first-order chi connectivity index (χ1) is 7.20. The van der Waals surface area contributed by atoms with Gasteiger partial charge in [-0.25, -0.2) is 4.68 Å². The molecule has 0 bridgehead atoms. The van der Waals surface area contributed by atoms with Crippen LogP contribution in [0.3, 0.4) is 0 Å². The summed E-state index contributed by atoms with van der Waals surface area (Å²) in [6.45, 7) is 0. The van der Waals surface area contributed by atoms with E-state index in [1.165, 1.54) is 4.68 Å². The highest BCUT2D eigenvalue weighted by atomic mass is 15.4. The number of nitrogen functional groups attached to an aromatic ring is 1. The van der Waals surface area contributed by atoms with E-state index in [1.54, 1.807) is 31.3 Å². The van der Waals surface area contributed by atoms with Gasteiger partial charge in [0.15, 0.2) is 5.82 Å². The van der Waals surface area contributed by atoms with Crippen LogP contribution in [0.1, 0.15) is 5.56 Å². The van der Waals surface area contributed by atoms with Crippen LogP contribution in [0, 0.1) is 11.3 Å². The molecule has 0 radical (unpaired) electrons. The zero-order valence-electron chi connectivity index (χ0n) is 8.18. The highest BCUT2D eigenvalue weighted by Gasteiger charge is 2.05. The van der Waals surface area contributed by atoms with Crippen LogP contribution < -0.4 is 5.73 Å². The quantitative estimate of drug-likeness (QED) is 0.741. The van der Waals surface area contributed by atoms with Crippen LogP contribution in [0.5, 0.6) is 0 Å². The van der Waals surface area contributed by atoms with Crippen molar-refractivity contribution in [3.05, 3.63) is 29.8 Å². The van der Waals surface area contributed by atoms with E-state index < -0.39 is 0 Å². The van der Waals surface area contributed by atoms with Gasteiger partial charge >= 0.3 is 0 Å². The minimum atomic E-state index is 0.370. The number of benzene rings is 1. The van der Waals surface area contributed by atoms with Gasteiger partial charge in [-0.2, -0.15) is 10.2 Å². The number of nitrogens with zero attached hydrogens (tertiary/aromatic N) is 4. The molecule has 5 nitrogen and oxygen atoms in total. The summed E-state index contributed by atoms with van der Waals surface area (Å²) in [6.07, 6.45) is 0. The first kappa shape index (κ1) is 9.21. The van der Waals surface area contributed by atoms with Gasteiger partial charge in [-0.15, -0.1) is 5.10 Å². The number of nitrogens with two attached hydrogens (primary N) is 1. The Balaban J connectivity index is 2.42. The Morgan fingerprint density at radius 2 is 2.00 bits per heavy atom. The Labute approximate surface area is 86.8 Å². The summed E-state index contributed by atoms with van der Waals surface area (Å²) in [7, 11) is 1.73. The summed E-state index contributed by atoms with van der Waals surface area (Å²) in [4.78, 5) is 4.08. The van der Waals surface area contributed by atoms with Crippen molar-refractivity contribution in [2.75, 3.05) is 5.73 Å². The minimum Gasteiger partial charge on any atom is -0.368 e. The molecule has 0 aliphatic rings. The average molecular weight is 199 g/mol. The van der Waals surface area contributed by atoms with Gasteiger partial charge in [0.05, 0.1) is 11.6 Å². The van der Waals surface area contributed by atoms with Crippen molar-refractivity contribution >= 4 is 5.95 Å². The monoisotopic (exact) mass is 199 g/mol. The van der Waals surface area contributed by atoms with Crippen molar-refractivity contribution in [3.8, 4) is 17.5 Å². The van der Waals surface area contributed by atoms with Gasteiger partial charge in [0.1, 0.15) is 0 Å². The second-order valence-electron chi connectivity index (χ2n) is 3.11. The summed E-state index contributed by atoms with van der Waals surface area (Å²) < 4.78 is 1.51. The van der Waals surface area contributed by atoms with Crippen LogP contribution in [-0.4, -0.2) is 14.8 Å². The van der Waals surface area contributed by atoms with Gasteiger partial charge in [-0.05, 0) is 24.3 Å². The molecule has 0 spiro atoms. The number of aromatic nitrogens is 3. The van der Waals surface area contributed by atoms with Crippen LogP contribution in [0.25, 0.3) is 11.4 Å². The molecular weight excluding hydrogens is 190 g/mol. The first-order valence-corrected chi connectivity index (χ1v) is 4.38. The average Bonchev–Trinajstić information content (AvgIpc) is 2.59. The normalized spacial score (nSPS) is 9.87. The Morgan fingerprint density at radius 1 is 1.33 bits per heavy atom. The summed E-state index contributed by atoms with van der Waals surface area (Å²) in [5.74, 6) is 0.939. The smallest absolute Gasteiger partial charge is 0.218 e. The lowest BCUT2D eigenvalue weighted by atomic mass is 10.1. The van der Waals surface area contributed by atoms with Gasteiger partial charge in [-0.3, -0.25) is 0 Å². The molecule has 2 rings (SSSR count). The molecule has 0 amide bonds. The van der Waals surface area contributed by atoms with E-state index in [1.807, 2.05) is 0 Å². The molecule has 0 aliphatic carbocycles. The van der Waals surface area contributed by atoms with Gasteiger partial charge in [0.2, 0.25) is 5.95 Å². The number of nitriles is 1. The Hall–Kier alpha value is -2.35. The molecule has 0 saturated heterocycles. The maximum atomic E-state index is 8.64. The molecular formula is C10H9N5. The van der Waals surface area contributed by atoms with Crippen molar-refractivity contribution in [2.45, 2.75) is 0 Å². The van der Waals surface area contributed by atoms with E-state index in [0.717, 1.165) is 5.56 Å². The number of aryl methyl sites for hydroxylation is 1. The van der Waals surface area contributed by atoms with Crippen LogP contribution in [-0.2, 0) is 7.05 Å². The molecule has 0 aliphatic heterocycles. The van der Waals surface area contributed by atoms with Gasteiger partial charge in [0.25, 0.3) is 0 Å². The maximum Gasteiger partial charge on any atom is 0.218 e. The molecule has 0 atom stereocenters. The second kappa shape index (κ2) is 3.42. The fourth-order valence-electron chi connectivity index (χ4n) is 1.21. The fourth-order valence-corrected chi connectivity index (χ4v) is 1.21. The zero-order valence-corrected chi connectivity index (χ0v) is 8.18. The third kappa shape index (κ3) is 1.65. The SMILES string of the molecule is Cn1nc(-c2ccc(C#N)cc2)nc1N. The van der Waals surface area contributed by atoms with Crippen molar-refractivity contribution in [1.82, 2.24) is 14.8 Å². The third-order valence-electron chi connectivity index (χ3n) is 2.07. The molecule has 2 aromatic rings. The number of hydrogen-bond acceptors (Lipinski definition) is 4. The molecule has 1 aromatic heterocycles. The number of hydrogen-bond donors (Lipinski definition) is 1. The zero-order chi connectivity index (χ0) is 10.8. The highest BCUT2D eigenvalue weighted by molar-refractivity contribution is 5.57. The molecule has 74 valence electrons. The standard InChI is InChI=1S/C10H9N5/c1-15-10(12)13-9(14-15)8-4-2-7(6-11)3-5-8/h2-5H,1H3,(H2,12,13,14). The lowest BCUT2D eigenvalue weighted by molar-refractivity contribution is 0.781. The Kier molecular flexibility index (Phi) is 2.10. The lowest BCUT2D eigenvalue weighted by Crippen LogP contribution is -1.97. The molecule has 1 heterocycles. The highest BCUT2D eigenvalue weighted by Crippen LogP contribution is 2.16. The van der Waals surface area contributed by atoms with Crippen molar-refractivity contribution in [3.63, 3.8) is 0 Å². The molecule has 5 heteroatoms. The predicted octanol–water partition coefficient (Wildman–Crippen LogP) is 0.936.